The molecule has 2 heterocycles. The normalized spacial score (nSPS) is 13.9. The predicted molar refractivity (Wildman–Crippen MR) is 81.0 cm³/mol. The molecule has 4 heteroatoms. The van der Waals surface area contributed by atoms with Crippen LogP contribution in [0.25, 0.3) is 0 Å². The molecular weight excluding hydrogens is 250 g/mol. The Morgan fingerprint density at radius 2 is 2.20 bits per heavy atom. The van der Waals surface area contributed by atoms with E-state index in [-0.39, 0.29) is 0 Å². The second kappa shape index (κ2) is 5.41. The summed E-state index contributed by atoms with van der Waals surface area (Å²) in [5.74, 6) is 1.75. The molecule has 2 aromatic rings. The van der Waals surface area contributed by atoms with Gasteiger partial charge in [0.15, 0.2) is 11.6 Å². The molecular formula is C16H19N3O. The van der Waals surface area contributed by atoms with E-state index < -0.39 is 0 Å². The first-order valence-electron chi connectivity index (χ1n) is 6.98. The van der Waals surface area contributed by atoms with E-state index in [1.807, 2.05) is 37.4 Å². The van der Waals surface area contributed by atoms with Crippen molar-refractivity contribution >= 4 is 11.5 Å². The molecule has 0 saturated heterocycles. The van der Waals surface area contributed by atoms with Crippen molar-refractivity contribution in [3.8, 4) is 5.75 Å². The fraction of sp³-hybridized carbons (Fsp3) is 0.312. The zero-order valence-corrected chi connectivity index (χ0v) is 11.7. The first kappa shape index (κ1) is 12.8. The van der Waals surface area contributed by atoms with Gasteiger partial charge in [-0.3, -0.25) is 0 Å². The molecule has 1 aromatic heterocycles. The van der Waals surface area contributed by atoms with Crippen molar-refractivity contribution in [1.29, 1.82) is 0 Å². The molecule has 0 fully saturated rings. The number of nitrogens with two attached hydrogens (primary N) is 1. The van der Waals surface area contributed by atoms with Gasteiger partial charge in [-0.1, -0.05) is 12.1 Å². The SMILES string of the molecule is CCOc1cccnc1N1CCc2cccc(N)c2C1. The predicted octanol–water partition coefficient (Wildman–Crippen LogP) is 2.63. The van der Waals surface area contributed by atoms with E-state index in [0.717, 1.165) is 36.8 Å². The molecule has 104 valence electrons. The van der Waals surface area contributed by atoms with E-state index in [9.17, 15) is 0 Å². The van der Waals surface area contributed by atoms with Crippen molar-refractivity contribution in [3.63, 3.8) is 0 Å². The lowest BCUT2D eigenvalue weighted by atomic mass is 9.98. The van der Waals surface area contributed by atoms with Crippen LogP contribution in [-0.4, -0.2) is 18.1 Å². The van der Waals surface area contributed by atoms with Crippen LogP contribution in [0.4, 0.5) is 11.5 Å². The first-order valence-corrected chi connectivity index (χ1v) is 6.98. The number of aromatic nitrogens is 1. The number of hydrogen-bond acceptors (Lipinski definition) is 4. The maximum atomic E-state index is 6.10. The van der Waals surface area contributed by atoms with E-state index in [2.05, 4.69) is 16.0 Å². The minimum Gasteiger partial charge on any atom is -0.490 e. The smallest absolute Gasteiger partial charge is 0.171 e. The van der Waals surface area contributed by atoms with Crippen molar-refractivity contribution in [1.82, 2.24) is 4.98 Å². The Morgan fingerprint density at radius 1 is 1.30 bits per heavy atom. The number of pyridine rings is 1. The van der Waals surface area contributed by atoms with Crippen LogP contribution in [0.5, 0.6) is 5.75 Å². The number of ether oxygens (including phenoxy) is 1. The minimum atomic E-state index is 0.644. The van der Waals surface area contributed by atoms with Gasteiger partial charge in [0.05, 0.1) is 6.61 Å². The van der Waals surface area contributed by atoms with E-state index in [1.165, 1.54) is 11.1 Å². The summed E-state index contributed by atoms with van der Waals surface area (Å²) in [5.41, 5.74) is 9.52. The number of fused-ring (bicyclic) bond motifs is 1. The van der Waals surface area contributed by atoms with Gasteiger partial charge in [0, 0.05) is 25.0 Å². The van der Waals surface area contributed by atoms with E-state index in [1.54, 1.807) is 0 Å². The number of nitrogens with zero attached hydrogens (tertiary/aromatic N) is 2. The molecule has 0 radical (unpaired) electrons. The molecule has 3 rings (SSSR count). The average Bonchev–Trinajstić information content (AvgIpc) is 2.48. The van der Waals surface area contributed by atoms with E-state index in [0.29, 0.717) is 6.61 Å². The van der Waals surface area contributed by atoms with Gasteiger partial charge in [-0.2, -0.15) is 0 Å². The zero-order valence-electron chi connectivity index (χ0n) is 11.7. The average molecular weight is 269 g/mol. The summed E-state index contributed by atoms with van der Waals surface area (Å²) in [5, 5.41) is 0. The van der Waals surface area contributed by atoms with Crippen LogP contribution < -0.4 is 15.4 Å². The molecule has 0 bridgehead atoms. The van der Waals surface area contributed by atoms with Gasteiger partial charge in [0.2, 0.25) is 0 Å². The third kappa shape index (κ3) is 2.29. The number of nitrogen functional groups attached to an aromatic ring is 1. The molecule has 1 aromatic carbocycles. The second-order valence-corrected chi connectivity index (χ2v) is 4.91. The summed E-state index contributed by atoms with van der Waals surface area (Å²) in [7, 11) is 0. The van der Waals surface area contributed by atoms with Crippen LogP contribution in [-0.2, 0) is 13.0 Å². The first-order chi connectivity index (χ1) is 9.79. The van der Waals surface area contributed by atoms with Crippen LogP contribution in [0.15, 0.2) is 36.5 Å². The van der Waals surface area contributed by atoms with Gasteiger partial charge in [-0.25, -0.2) is 4.98 Å². The molecule has 2 N–H and O–H groups in total. The molecule has 0 amide bonds. The maximum Gasteiger partial charge on any atom is 0.171 e. The lowest BCUT2D eigenvalue weighted by molar-refractivity contribution is 0.338. The van der Waals surface area contributed by atoms with Crippen LogP contribution in [0, 0.1) is 0 Å². The van der Waals surface area contributed by atoms with Gasteiger partial charge in [-0.05, 0) is 42.7 Å². The molecule has 4 nitrogen and oxygen atoms in total. The van der Waals surface area contributed by atoms with Crippen LogP contribution >= 0.6 is 0 Å². The third-order valence-electron chi connectivity index (χ3n) is 3.66. The Labute approximate surface area is 119 Å². The molecule has 0 spiro atoms. The van der Waals surface area contributed by atoms with Crippen molar-refractivity contribution in [2.45, 2.75) is 19.9 Å². The maximum absolute atomic E-state index is 6.10. The number of hydrogen-bond donors (Lipinski definition) is 1. The Kier molecular flexibility index (Phi) is 3.46. The number of anilines is 2. The second-order valence-electron chi connectivity index (χ2n) is 4.91. The van der Waals surface area contributed by atoms with Crippen LogP contribution in [0.3, 0.4) is 0 Å². The lowest BCUT2D eigenvalue weighted by Gasteiger charge is -2.31. The molecule has 0 atom stereocenters. The van der Waals surface area contributed by atoms with Crippen molar-refractivity contribution < 1.29 is 4.74 Å². The highest BCUT2D eigenvalue weighted by Gasteiger charge is 2.21. The molecule has 1 aliphatic heterocycles. The Morgan fingerprint density at radius 3 is 3.05 bits per heavy atom. The van der Waals surface area contributed by atoms with Crippen LogP contribution in [0.2, 0.25) is 0 Å². The summed E-state index contributed by atoms with van der Waals surface area (Å²) in [6.07, 6.45) is 2.80. The lowest BCUT2D eigenvalue weighted by Crippen LogP contribution is -2.32. The van der Waals surface area contributed by atoms with E-state index in [4.69, 9.17) is 10.5 Å². The quantitative estimate of drug-likeness (QED) is 0.870. The number of benzene rings is 1. The summed E-state index contributed by atoms with van der Waals surface area (Å²) in [6.45, 7) is 4.36. The van der Waals surface area contributed by atoms with Gasteiger partial charge in [0.25, 0.3) is 0 Å². The highest BCUT2D eigenvalue weighted by Crippen LogP contribution is 2.31. The number of rotatable bonds is 3. The van der Waals surface area contributed by atoms with E-state index >= 15 is 0 Å². The Hall–Kier alpha value is -2.23. The van der Waals surface area contributed by atoms with Gasteiger partial charge in [0.1, 0.15) is 0 Å². The minimum absolute atomic E-state index is 0.644. The van der Waals surface area contributed by atoms with Crippen molar-refractivity contribution in [2.24, 2.45) is 0 Å². The molecule has 20 heavy (non-hydrogen) atoms. The molecule has 0 saturated carbocycles. The van der Waals surface area contributed by atoms with Gasteiger partial charge in [-0.15, -0.1) is 0 Å². The Bertz CT molecular complexity index is 612. The van der Waals surface area contributed by atoms with Crippen LogP contribution in [0.1, 0.15) is 18.1 Å². The standard InChI is InChI=1S/C16H19N3O/c1-2-20-15-7-4-9-18-16(15)19-10-8-12-5-3-6-14(17)13(12)11-19/h3-7,9H,2,8,10-11,17H2,1H3. The van der Waals surface area contributed by atoms with Gasteiger partial charge >= 0.3 is 0 Å². The third-order valence-corrected chi connectivity index (χ3v) is 3.66. The summed E-state index contributed by atoms with van der Waals surface area (Å²) >= 11 is 0. The molecule has 0 unspecified atom stereocenters. The largest absolute Gasteiger partial charge is 0.490 e. The highest BCUT2D eigenvalue weighted by molar-refractivity contribution is 5.58. The summed E-state index contributed by atoms with van der Waals surface area (Å²) in [4.78, 5) is 6.72. The zero-order chi connectivity index (χ0) is 13.9. The Balaban J connectivity index is 1.92. The van der Waals surface area contributed by atoms with Crippen molar-refractivity contribution in [2.75, 3.05) is 23.8 Å². The topological polar surface area (TPSA) is 51.4 Å². The summed E-state index contributed by atoms with van der Waals surface area (Å²) in [6, 6.07) is 10.0. The molecule has 0 aliphatic carbocycles. The monoisotopic (exact) mass is 269 g/mol. The van der Waals surface area contributed by atoms with Gasteiger partial charge < -0.3 is 15.4 Å². The fourth-order valence-electron chi connectivity index (χ4n) is 2.68. The van der Waals surface area contributed by atoms with Crippen molar-refractivity contribution in [3.05, 3.63) is 47.7 Å². The highest BCUT2D eigenvalue weighted by atomic mass is 16.5. The summed E-state index contributed by atoms with van der Waals surface area (Å²) < 4.78 is 5.67. The molecule has 1 aliphatic rings. The fourth-order valence-corrected chi connectivity index (χ4v) is 2.68.